The fourth-order valence-electron chi connectivity index (χ4n) is 1.51. The summed E-state index contributed by atoms with van der Waals surface area (Å²) < 4.78 is 29.3. The van der Waals surface area contributed by atoms with Crippen molar-refractivity contribution in [1.82, 2.24) is 19.6 Å². The summed E-state index contributed by atoms with van der Waals surface area (Å²) in [7, 11) is -3.43. The molecule has 3 aromatic rings. The monoisotopic (exact) mass is 264 g/mol. The summed E-state index contributed by atoms with van der Waals surface area (Å²) in [6, 6.07) is 5.13. The van der Waals surface area contributed by atoms with Crippen LogP contribution in [-0.2, 0) is 9.84 Å². The predicted octanol–water partition coefficient (Wildman–Crippen LogP) is 0.788. The molecule has 0 aliphatic rings. The van der Waals surface area contributed by atoms with E-state index in [0.29, 0.717) is 17.1 Å². The molecular formula is C10H8N4O3S. The first-order chi connectivity index (χ1) is 8.54. The van der Waals surface area contributed by atoms with E-state index < -0.39 is 9.84 Å². The van der Waals surface area contributed by atoms with Crippen molar-refractivity contribution in [2.45, 2.75) is 5.16 Å². The van der Waals surface area contributed by atoms with Crippen LogP contribution in [-0.4, -0.2) is 34.3 Å². The van der Waals surface area contributed by atoms with Crippen molar-refractivity contribution in [3.63, 3.8) is 0 Å². The van der Waals surface area contributed by atoms with Crippen molar-refractivity contribution < 1.29 is 12.8 Å². The molecule has 18 heavy (non-hydrogen) atoms. The van der Waals surface area contributed by atoms with Crippen LogP contribution in [0.4, 0.5) is 0 Å². The van der Waals surface area contributed by atoms with Gasteiger partial charge in [0.1, 0.15) is 12.0 Å². The standard InChI is InChI=1S/C10H8N4O3S/c1-18(15,16)10-11-6-14-9(12-10)5-7(13-14)8-3-2-4-17-8/h2-6H,1H3. The molecule has 3 rings (SSSR count). The second kappa shape index (κ2) is 3.64. The van der Waals surface area contributed by atoms with Gasteiger partial charge in [0.15, 0.2) is 11.4 Å². The molecule has 3 aromatic heterocycles. The van der Waals surface area contributed by atoms with E-state index in [1.165, 1.54) is 17.1 Å². The average molecular weight is 264 g/mol. The Morgan fingerprint density at radius 1 is 1.39 bits per heavy atom. The zero-order valence-corrected chi connectivity index (χ0v) is 10.1. The van der Waals surface area contributed by atoms with Crippen molar-refractivity contribution in [1.29, 1.82) is 0 Å². The molecule has 0 N–H and O–H groups in total. The van der Waals surface area contributed by atoms with E-state index in [-0.39, 0.29) is 5.16 Å². The third kappa shape index (κ3) is 1.76. The van der Waals surface area contributed by atoms with Crippen LogP contribution in [0.3, 0.4) is 0 Å². The first-order valence-electron chi connectivity index (χ1n) is 5.00. The molecule has 7 nitrogen and oxygen atoms in total. The number of fused-ring (bicyclic) bond motifs is 1. The number of rotatable bonds is 2. The molecule has 0 radical (unpaired) electrons. The molecule has 0 aliphatic heterocycles. The Morgan fingerprint density at radius 2 is 2.22 bits per heavy atom. The number of furan rings is 1. The van der Waals surface area contributed by atoms with E-state index >= 15 is 0 Å². The first-order valence-corrected chi connectivity index (χ1v) is 6.89. The molecule has 92 valence electrons. The second-order valence-electron chi connectivity index (χ2n) is 3.72. The Bertz CT molecular complexity index is 805. The number of nitrogens with zero attached hydrogens (tertiary/aromatic N) is 4. The van der Waals surface area contributed by atoms with Crippen molar-refractivity contribution in [2.75, 3.05) is 6.26 Å². The molecular weight excluding hydrogens is 256 g/mol. The average Bonchev–Trinajstić information content (AvgIpc) is 2.95. The topological polar surface area (TPSA) is 90.4 Å². The summed E-state index contributed by atoms with van der Waals surface area (Å²) >= 11 is 0. The van der Waals surface area contributed by atoms with Gasteiger partial charge in [-0.25, -0.2) is 17.9 Å². The van der Waals surface area contributed by atoms with E-state index in [9.17, 15) is 8.42 Å². The minimum Gasteiger partial charge on any atom is -0.463 e. The highest BCUT2D eigenvalue weighted by molar-refractivity contribution is 7.90. The maximum Gasteiger partial charge on any atom is 0.250 e. The third-order valence-electron chi connectivity index (χ3n) is 2.31. The molecule has 3 heterocycles. The van der Waals surface area contributed by atoms with Crippen molar-refractivity contribution >= 4 is 15.5 Å². The predicted molar refractivity (Wildman–Crippen MR) is 61.6 cm³/mol. The lowest BCUT2D eigenvalue weighted by atomic mass is 10.3. The van der Waals surface area contributed by atoms with Crippen LogP contribution in [0, 0.1) is 0 Å². The van der Waals surface area contributed by atoms with Gasteiger partial charge in [0, 0.05) is 12.3 Å². The normalized spacial score (nSPS) is 12.1. The van der Waals surface area contributed by atoms with Crippen LogP contribution in [0.1, 0.15) is 0 Å². The molecule has 0 saturated heterocycles. The molecule has 8 heteroatoms. The van der Waals surface area contributed by atoms with Crippen LogP contribution in [0.15, 0.2) is 40.4 Å². The van der Waals surface area contributed by atoms with E-state index in [1.54, 1.807) is 18.2 Å². The first kappa shape index (κ1) is 10.9. The number of hydrogen-bond acceptors (Lipinski definition) is 6. The van der Waals surface area contributed by atoms with Crippen molar-refractivity contribution in [3.05, 3.63) is 30.8 Å². The molecule has 0 atom stereocenters. The lowest BCUT2D eigenvalue weighted by molar-refractivity contribution is 0.579. The van der Waals surface area contributed by atoms with Gasteiger partial charge in [-0.15, -0.1) is 0 Å². The summed E-state index contributed by atoms with van der Waals surface area (Å²) in [6.45, 7) is 0. The number of hydrogen-bond donors (Lipinski definition) is 0. The molecule has 0 aliphatic carbocycles. The fraction of sp³-hybridized carbons (Fsp3) is 0.100. The lowest BCUT2D eigenvalue weighted by Crippen LogP contribution is -2.05. The Kier molecular flexibility index (Phi) is 2.20. The summed E-state index contributed by atoms with van der Waals surface area (Å²) in [5.74, 6) is 0.585. The smallest absolute Gasteiger partial charge is 0.250 e. The Hall–Kier alpha value is -2.22. The fourth-order valence-corrected chi connectivity index (χ4v) is 2.01. The summed E-state index contributed by atoms with van der Waals surface area (Å²) in [6.07, 6.45) is 3.90. The Balaban J connectivity index is 2.19. The SMILES string of the molecule is CS(=O)(=O)c1ncn2nc(-c3ccco3)cc2n1. The van der Waals surface area contributed by atoms with E-state index in [0.717, 1.165) is 6.26 Å². The maximum absolute atomic E-state index is 11.3. The zero-order chi connectivity index (χ0) is 12.8. The Morgan fingerprint density at radius 3 is 2.89 bits per heavy atom. The number of aromatic nitrogens is 4. The molecule has 0 fully saturated rings. The van der Waals surface area contributed by atoms with Gasteiger partial charge in [-0.05, 0) is 12.1 Å². The van der Waals surface area contributed by atoms with Crippen molar-refractivity contribution in [2.24, 2.45) is 0 Å². The maximum atomic E-state index is 11.3. The van der Waals surface area contributed by atoms with Gasteiger partial charge in [-0.3, -0.25) is 0 Å². The van der Waals surface area contributed by atoms with Crippen LogP contribution in [0.5, 0.6) is 0 Å². The third-order valence-corrected chi connectivity index (χ3v) is 3.17. The minimum absolute atomic E-state index is 0.221. The minimum atomic E-state index is -3.43. The molecule has 0 unspecified atom stereocenters. The van der Waals surface area contributed by atoms with E-state index in [2.05, 4.69) is 15.1 Å². The lowest BCUT2D eigenvalue weighted by Gasteiger charge is -1.95. The van der Waals surface area contributed by atoms with E-state index in [4.69, 9.17) is 4.42 Å². The molecule has 0 aromatic carbocycles. The van der Waals surface area contributed by atoms with Gasteiger partial charge in [0.2, 0.25) is 15.0 Å². The quantitative estimate of drug-likeness (QED) is 0.679. The van der Waals surface area contributed by atoms with Crippen LogP contribution in [0.25, 0.3) is 17.1 Å². The van der Waals surface area contributed by atoms with Crippen LogP contribution in [0.2, 0.25) is 0 Å². The number of sulfone groups is 1. The summed E-state index contributed by atoms with van der Waals surface area (Å²) in [4.78, 5) is 7.68. The highest BCUT2D eigenvalue weighted by Crippen LogP contribution is 2.19. The van der Waals surface area contributed by atoms with E-state index in [1.807, 2.05) is 0 Å². The molecule has 0 spiro atoms. The Labute approximate surface area is 102 Å². The molecule has 0 amide bonds. The van der Waals surface area contributed by atoms with Gasteiger partial charge in [-0.1, -0.05) is 0 Å². The summed E-state index contributed by atoms with van der Waals surface area (Å²) in [5, 5.41) is 3.96. The van der Waals surface area contributed by atoms with Crippen LogP contribution < -0.4 is 0 Å². The van der Waals surface area contributed by atoms with Gasteiger partial charge >= 0.3 is 0 Å². The van der Waals surface area contributed by atoms with Gasteiger partial charge in [0.25, 0.3) is 0 Å². The largest absolute Gasteiger partial charge is 0.463 e. The molecule has 0 bridgehead atoms. The highest BCUT2D eigenvalue weighted by atomic mass is 32.2. The van der Waals surface area contributed by atoms with Gasteiger partial charge in [-0.2, -0.15) is 10.1 Å². The van der Waals surface area contributed by atoms with Gasteiger partial charge in [0.05, 0.1) is 6.26 Å². The highest BCUT2D eigenvalue weighted by Gasteiger charge is 2.14. The summed E-state index contributed by atoms with van der Waals surface area (Å²) in [5.41, 5.74) is 0.969. The van der Waals surface area contributed by atoms with Gasteiger partial charge < -0.3 is 4.42 Å². The zero-order valence-electron chi connectivity index (χ0n) is 9.31. The van der Waals surface area contributed by atoms with Crippen molar-refractivity contribution in [3.8, 4) is 11.5 Å². The second-order valence-corrected chi connectivity index (χ2v) is 5.63. The van der Waals surface area contributed by atoms with Crippen LogP contribution >= 0.6 is 0 Å². The molecule has 0 saturated carbocycles.